The first-order valence-electron chi connectivity index (χ1n) is 7.90. The molecule has 0 aliphatic rings. The summed E-state index contributed by atoms with van der Waals surface area (Å²) in [6.45, 7) is 2.04. The molecule has 0 N–H and O–H groups in total. The Morgan fingerprint density at radius 1 is 1.12 bits per heavy atom. The van der Waals surface area contributed by atoms with Crippen molar-refractivity contribution >= 4 is 33.5 Å². The molecule has 0 atom stereocenters. The van der Waals surface area contributed by atoms with Gasteiger partial charge in [0.15, 0.2) is 5.78 Å². The van der Waals surface area contributed by atoms with Crippen molar-refractivity contribution in [3.63, 3.8) is 0 Å². The van der Waals surface area contributed by atoms with Crippen molar-refractivity contribution in [1.82, 2.24) is 20.2 Å². The van der Waals surface area contributed by atoms with E-state index in [1.54, 1.807) is 16.4 Å². The monoisotopic (exact) mass is 416 g/mol. The van der Waals surface area contributed by atoms with Gasteiger partial charge in [0.05, 0.1) is 5.69 Å². The van der Waals surface area contributed by atoms with Crippen LogP contribution in [-0.2, 0) is 0 Å². The van der Waals surface area contributed by atoms with Crippen LogP contribution in [0.15, 0.2) is 58.2 Å². The number of Topliss-reactive ketones (excluding diaryl/α,β-unsaturated/α-hetero) is 1. The van der Waals surface area contributed by atoms with E-state index in [1.165, 1.54) is 5.56 Å². The molecular weight excluding hydrogens is 400 g/mol. The van der Waals surface area contributed by atoms with E-state index in [4.69, 9.17) is 0 Å². The molecule has 128 valence electrons. The van der Waals surface area contributed by atoms with E-state index in [-0.39, 0.29) is 5.78 Å². The summed E-state index contributed by atoms with van der Waals surface area (Å²) in [5.74, 6) is 0.945. The highest BCUT2D eigenvalue weighted by Crippen LogP contribution is 2.20. The fraction of sp³-hybridized carbons (Fsp3) is 0.222. The molecule has 1 aromatic heterocycles. The number of hydrogen-bond acceptors (Lipinski definition) is 5. The van der Waals surface area contributed by atoms with Crippen LogP contribution in [0.4, 0.5) is 0 Å². The number of ketones is 1. The van der Waals surface area contributed by atoms with Gasteiger partial charge in [-0.1, -0.05) is 57.5 Å². The number of rotatable bonds is 7. The number of aromatic nitrogens is 4. The quantitative estimate of drug-likeness (QED) is 0.322. The number of benzene rings is 2. The summed E-state index contributed by atoms with van der Waals surface area (Å²) in [5, 5.41) is 12.6. The van der Waals surface area contributed by atoms with Crippen LogP contribution in [0.3, 0.4) is 0 Å². The van der Waals surface area contributed by atoms with E-state index in [1.807, 2.05) is 55.5 Å². The number of thioether (sulfide) groups is 1. The molecule has 0 aliphatic heterocycles. The van der Waals surface area contributed by atoms with E-state index in [0.29, 0.717) is 6.42 Å². The first-order chi connectivity index (χ1) is 12.1. The molecule has 0 spiro atoms. The molecule has 3 aromatic rings. The molecule has 1 heterocycles. The van der Waals surface area contributed by atoms with Crippen molar-refractivity contribution in [2.24, 2.45) is 0 Å². The van der Waals surface area contributed by atoms with Gasteiger partial charge in [-0.2, -0.15) is 4.68 Å². The minimum atomic E-state index is 0.159. The molecule has 0 fully saturated rings. The normalized spacial score (nSPS) is 10.8. The molecule has 0 radical (unpaired) electrons. The van der Waals surface area contributed by atoms with E-state index in [2.05, 4.69) is 31.5 Å². The second-order valence-corrected chi connectivity index (χ2v) is 7.57. The maximum absolute atomic E-state index is 12.2. The van der Waals surface area contributed by atoms with E-state index < -0.39 is 0 Å². The van der Waals surface area contributed by atoms with Gasteiger partial charge in [-0.25, -0.2) is 0 Å². The van der Waals surface area contributed by atoms with Crippen LogP contribution in [0.1, 0.15) is 28.8 Å². The van der Waals surface area contributed by atoms with Crippen molar-refractivity contribution in [2.45, 2.75) is 24.9 Å². The Morgan fingerprint density at radius 2 is 1.84 bits per heavy atom. The van der Waals surface area contributed by atoms with Gasteiger partial charge in [0, 0.05) is 22.2 Å². The average molecular weight is 417 g/mol. The molecule has 0 saturated carbocycles. The number of hydrogen-bond donors (Lipinski definition) is 0. The minimum absolute atomic E-state index is 0.159. The van der Waals surface area contributed by atoms with Crippen LogP contribution in [0.25, 0.3) is 5.69 Å². The summed E-state index contributed by atoms with van der Waals surface area (Å²) in [6, 6.07) is 15.5. The third-order valence-corrected chi connectivity index (χ3v) is 5.20. The standard InChI is InChI=1S/C18H17BrN4OS/c1-13-4-10-16(11-5-13)23-18(20-21-22-23)25-12-2-3-17(24)14-6-8-15(19)9-7-14/h4-11H,2-3,12H2,1H3. The number of carbonyl (C=O) groups is 1. The van der Waals surface area contributed by atoms with E-state index >= 15 is 0 Å². The molecule has 25 heavy (non-hydrogen) atoms. The number of aryl methyl sites for hydroxylation is 1. The number of carbonyl (C=O) groups excluding carboxylic acids is 1. The third kappa shape index (κ3) is 4.76. The van der Waals surface area contributed by atoms with Crippen molar-refractivity contribution in [3.05, 3.63) is 64.1 Å². The van der Waals surface area contributed by atoms with Crippen LogP contribution < -0.4 is 0 Å². The Labute approximate surface area is 159 Å². The molecule has 0 amide bonds. The summed E-state index contributed by atoms with van der Waals surface area (Å²) in [6.07, 6.45) is 1.29. The summed E-state index contributed by atoms with van der Waals surface area (Å²) in [7, 11) is 0. The molecule has 7 heteroatoms. The molecule has 0 unspecified atom stereocenters. The fourth-order valence-electron chi connectivity index (χ4n) is 2.29. The molecular formula is C18H17BrN4OS. The van der Waals surface area contributed by atoms with Crippen LogP contribution in [0.2, 0.25) is 0 Å². The zero-order chi connectivity index (χ0) is 17.6. The number of tetrazole rings is 1. The Bertz CT molecular complexity index is 846. The van der Waals surface area contributed by atoms with Crippen molar-refractivity contribution in [1.29, 1.82) is 0 Å². The van der Waals surface area contributed by atoms with E-state index in [0.717, 1.165) is 33.1 Å². The van der Waals surface area contributed by atoms with Crippen LogP contribution in [0, 0.1) is 6.92 Å². The van der Waals surface area contributed by atoms with Gasteiger partial charge in [-0.3, -0.25) is 4.79 Å². The van der Waals surface area contributed by atoms with Gasteiger partial charge in [-0.05, 0) is 48.0 Å². The average Bonchev–Trinajstić information content (AvgIpc) is 3.08. The summed E-state index contributed by atoms with van der Waals surface area (Å²) < 4.78 is 2.70. The van der Waals surface area contributed by atoms with Crippen LogP contribution >= 0.6 is 27.7 Å². The topological polar surface area (TPSA) is 60.7 Å². The molecule has 5 nitrogen and oxygen atoms in total. The van der Waals surface area contributed by atoms with Crippen molar-refractivity contribution < 1.29 is 4.79 Å². The van der Waals surface area contributed by atoms with Gasteiger partial charge in [-0.15, -0.1) is 5.10 Å². The highest BCUT2D eigenvalue weighted by Gasteiger charge is 2.10. The first-order valence-corrected chi connectivity index (χ1v) is 9.68. The van der Waals surface area contributed by atoms with Crippen molar-refractivity contribution in [2.75, 3.05) is 5.75 Å². The van der Waals surface area contributed by atoms with Gasteiger partial charge >= 0.3 is 0 Å². The smallest absolute Gasteiger partial charge is 0.214 e. The van der Waals surface area contributed by atoms with Crippen LogP contribution in [-0.4, -0.2) is 31.7 Å². The van der Waals surface area contributed by atoms with Gasteiger partial charge in [0.25, 0.3) is 0 Å². The molecule has 3 rings (SSSR count). The molecule has 0 saturated heterocycles. The van der Waals surface area contributed by atoms with Gasteiger partial charge in [0.2, 0.25) is 5.16 Å². The maximum atomic E-state index is 12.2. The lowest BCUT2D eigenvalue weighted by Gasteiger charge is -2.05. The first kappa shape index (κ1) is 17.8. The zero-order valence-corrected chi connectivity index (χ0v) is 16.1. The summed E-state index contributed by atoms with van der Waals surface area (Å²) >= 11 is 4.93. The molecule has 2 aromatic carbocycles. The predicted molar refractivity (Wildman–Crippen MR) is 102 cm³/mol. The maximum Gasteiger partial charge on any atom is 0.214 e. The second-order valence-electron chi connectivity index (χ2n) is 5.59. The Kier molecular flexibility index (Phi) is 5.99. The predicted octanol–water partition coefficient (Wildman–Crippen LogP) is 4.49. The van der Waals surface area contributed by atoms with Gasteiger partial charge in [0.1, 0.15) is 0 Å². The lowest BCUT2D eigenvalue weighted by molar-refractivity contribution is 0.0982. The van der Waals surface area contributed by atoms with Crippen molar-refractivity contribution in [3.8, 4) is 5.69 Å². The summed E-state index contributed by atoms with van der Waals surface area (Å²) in [5.41, 5.74) is 2.87. The van der Waals surface area contributed by atoms with Gasteiger partial charge < -0.3 is 0 Å². The Balaban J connectivity index is 1.53. The number of halogens is 1. The third-order valence-electron chi connectivity index (χ3n) is 3.66. The second kappa shape index (κ2) is 8.40. The minimum Gasteiger partial charge on any atom is -0.294 e. The molecule has 0 bridgehead atoms. The lowest BCUT2D eigenvalue weighted by atomic mass is 10.1. The number of nitrogens with zero attached hydrogens (tertiary/aromatic N) is 4. The highest BCUT2D eigenvalue weighted by atomic mass is 79.9. The Hall–Kier alpha value is -1.99. The SMILES string of the molecule is Cc1ccc(-n2nnnc2SCCCC(=O)c2ccc(Br)cc2)cc1. The zero-order valence-electron chi connectivity index (χ0n) is 13.7. The lowest BCUT2D eigenvalue weighted by Crippen LogP contribution is -2.01. The molecule has 0 aliphatic carbocycles. The summed E-state index contributed by atoms with van der Waals surface area (Å²) in [4.78, 5) is 12.2. The highest BCUT2D eigenvalue weighted by molar-refractivity contribution is 9.10. The largest absolute Gasteiger partial charge is 0.294 e. The van der Waals surface area contributed by atoms with Crippen LogP contribution in [0.5, 0.6) is 0 Å². The fourth-order valence-corrected chi connectivity index (χ4v) is 3.39. The Morgan fingerprint density at radius 3 is 2.56 bits per heavy atom. The van der Waals surface area contributed by atoms with E-state index in [9.17, 15) is 4.79 Å².